The van der Waals surface area contributed by atoms with Crippen LogP contribution < -0.4 is 5.73 Å². The zero-order valence-electron chi connectivity index (χ0n) is 11.4. The van der Waals surface area contributed by atoms with Gasteiger partial charge in [-0.3, -0.25) is 9.78 Å². The second-order valence-corrected chi connectivity index (χ2v) is 5.32. The molecule has 1 aromatic carbocycles. The molecule has 1 saturated carbocycles. The van der Waals surface area contributed by atoms with Gasteiger partial charge in [-0.25, -0.2) is 0 Å². The van der Waals surface area contributed by atoms with E-state index in [2.05, 4.69) is 17.1 Å². The molecule has 0 saturated heterocycles. The summed E-state index contributed by atoms with van der Waals surface area (Å²) in [6.07, 6.45) is 5.51. The second kappa shape index (κ2) is 5.55. The van der Waals surface area contributed by atoms with Gasteiger partial charge in [-0.15, -0.1) is 0 Å². The Hall–Kier alpha value is -2.00. The van der Waals surface area contributed by atoms with Crippen LogP contribution in [0.1, 0.15) is 52.4 Å². The molecule has 0 spiro atoms. The van der Waals surface area contributed by atoms with Gasteiger partial charge in [0.1, 0.15) is 0 Å². The Bertz CT molecular complexity index is 615. The molecule has 2 aromatic rings. The third-order valence-electron chi connectivity index (χ3n) is 4.04. The minimum absolute atomic E-state index is 0.0299. The third-order valence-corrected chi connectivity index (χ3v) is 4.04. The molecule has 1 aliphatic carbocycles. The van der Waals surface area contributed by atoms with Crippen LogP contribution in [0.2, 0.25) is 0 Å². The van der Waals surface area contributed by atoms with E-state index in [1.165, 1.54) is 24.8 Å². The maximum absolute atomic E-state index is 12.4. The van der Waals surface area contributed by atoms with Gasteiger partial charge in [-0.05, 0) is 36.5 Å². The van der Waals surface area contributed by atoms with Crippen LogP contribution in [0.25, 0.3) is 0 Å². The maximum Gasteiger partial charge on any atom is 0.193 e. The summed E-state index contributed by atoms with van der Waals surface area (Å²) in [4.78, 5) is 16.5. The van der Waals surface area contributed by atoms with Gasteiger partial charge >= 0.3 is 0 Å². The van der Waals surface area contributed by atoms with E-state index in [-0.39, 0.29) is 5.78 Å². The minimum atomic E-state index is 0.0299. The number of nitrogens with zero attached hydrogens (tertiary/aromatic N) is 1. The number of hydrogen-bond donors (Lipinski definition) is 1. The van der Waals surface area contributed by atoms with Crippen LogP contribution in [-0.2, 0) is 6.54 Å². The fraction of sp³-hybridized carbons (Fsp3) is 0.294. The van der Waals surface area contributed by atoms with Crippen LogP contribution in [0.4, 0.5) is 0 Å². The van der Waals surface area contributed by atoms with Crippen molar-refractivity contribution in [3.05, 3.63) is 65.0 Å². The predicted octanol–water partition coefficient (Wildman–Crippen LogP) is 3.04. The monoisotopic (exact) mass is 266 g/mol. The second-order valence-electron chi connectivity index (χ2n) is 5.32. The number of hydrogen-bond acceptors (Lipinski definition) is 3. The van der Waals surface area contributed by atoms with Gasteiger partial charge in [-0.2, -0.15) is 0 Å². The molecule has 0 aliphatic heterocycles. The quantitative estimate of drug-likeness (QED) is 0.865. The van der Waals surface area contributed by atoms with Crippen molar-refractivity contribution in [2.24, 2.45) is 5.73 Å². The Morgan fingerprint density at radius 3 is 2.50 bits per heavy atom. The van der Waals surface area contributed by atoms with Crippen molar-refractivity contribution in [2.75, 3.05) is 0 Å². The van der Waals surface area contributed by atoms with Crippen molar-refractivity contribution in [3.63, 3.8) is 0 Å². The highest BCUT2D eigenvalue weighted by molar-refractivity contribution is 6.09. The molecule has 1 aliphatic rings. The van der Waals surface area contributed by atoms with Gasteiger partial charge in [0, 0.05) is 23.9 Å². The normalized spacial score (nSPS) is 14.8. The van der Waals surface area contributed by atoms with Gasteiger partial charge in [0.25, 0.3) is 0 Å². The SMILES string of the molecule is NCc1cc(C(=O)c2ccc(C3CCC3)cc2)ccn1. The first-order valence-electron chi connectivity index (χ1n) is 7.07. The van der Waals surface area contributed by atoms with Crippen molar-refractivity contribution in [3.8, 4) is 0 Å². The van der Waals surface area contributed by atoms with Crippen LogP contribution >= 0.6 is 0 Å². The molecule has 20 heavy (non-hydrogen) atoms. The Labute approximate surface area is 118 Å². The fourth-order valence-electron chi connectivity index (χ4n) is 2.55. The summed E-state index contributed by atoms with van der Waals surface area (Å²) in [6.45, 7) is 0.349. The molecule has 102 valence electrons. The summed E-state index contributed by atoms with van der Waals surface area (Å²) in [5, 5.41) is 0. The van der Waals surface area contributed by atoms with Crippen molar-refractivity contribution in [2.45, 2.75) is 31.7 Å². The maximum atomic E-state index is 12.4. The van der Waals surface area contributed by atoms with Crippen molar-refractivity contribution in [1.82, 2.24) is 4.98 Å². The molecule has 0 bridgehead atoms. The summed E-state index contributed by atoms with van der Waals surface area (Å²) in [6, 6.07) is 11.5. The van der Waals surface area contributed by atoms with Crippen LogP contribution in [0.3, 0.4) is 0 Å². The summed E-state index contributed by atoms with van der Waals surface area (Å²) in [7, 11) is 0. The first-order valence-corrected chi connectivity index (χ1v) is 7.07. The topological polar surface area (TPSA) is 56.0 Å². The lowest BCUT2D eigenvalue weighted by atomic mass is 9.80. The molecule has 0 unspecified atom stereocenters. The number of benzene rings is 1. The van der Waals surface area contributed by atoms with Gasteiger partial charge in [-0.1, -0.05) is 30.7 Å². The smallest absolute Gasteiger partial charge is 0.193 e. The highest BCUT2D eigenvalue weighted by atomic mass is 16.1. The van der Waals surface area contributed by atoms with Gasteiger partial charge in [0.15, 0.2) is 5.78 Å². The largest absolute Gasteiger partial charge is 0.325 e. The molecule has 0 amide bonds. The molecular weight excluding hydrogens is 248 g/mol. The number of pyridine rings is 1. The molecule has 2 N–H and O–H groups in total. The fourth-order valence-corrected chi connectivity index (χ4v) is 2.55. The lowest BCUT2D eigenvalue weighted by Gasteiger charge is -2.25. The number of nitrogens with two attached hydrogens (primary N) is 1. The standard InChI is InChI=1S/C17H18N2O/c18-11-16-10-15(8-9-19-16)17(20)14-6-4-13(5-7-14)12-2-1-3-12/h4-10,12H,1-3,11,18H2. The minimum Gasteiger partial charge on any atom is -0.325 e. The average Bonchev–Trinajstić information content (AvgIpc) is 2.45. The van der Waals surface area contributed by atoms with Crippen LogP contribution in [0.15, 0.2) is 42.6 Å². The molecule has 0 atom stereocenters. The molecule has 0 radical (unpaired) electrons. The zero-order chi connectivity index (χ0) is 13.9. The predicted molar refractivity (Wildman–Crippen MR) is 78.6 cm³/mol. The molecule has 1 fully saturated rings. The average molecular weight is 266 g/mol. The highest BCUT2D eigenvalue weighted by Gasteiger charge is 2.19. The van der Waals surface area contributed by atoms with E-state index in [0.29, 0.717) is 18.0 Å². The molecule has 1 heterocycles. The van der Waals surface area contributed by atoms with E-state index in [0.717, 1.165) is 11.3 Å². The van der Waals surface area contributed by atoms with Crippen LogP contribution in [-0.4, -0.2) is 10.8 Å². The van der Waals surface area contributed by atoms with E-state index in [4.69, 9.17) is 5.73 Å². The number of carbonyl (C=O) groups is 1. The number of carbonyl (C=O) groups excluding carboxylic acids is 1. The Balaban J connectivity index is 1.82. The zero-order valence-corrected chi connectivity index (χ0v) is 11.4. The lowest BCUT2D eigenvalue weighted by molar-refractivity contribution is 0.103. The van der Waals surface area contributed by atoms with Gasteiger partial charge < -0.3 is 5.73 Å². The Morgan fingerprint density at radius 2 is 1.90 bits per heavy atom. The van der Waals surface area contributed by atoms with Gasteiger partial charge in [0.2, 0.25) is 0 Å². The van der Waals surface area contributed by atoms with Crippen LogP contribution in [0.5, 0.6) is 0 Å². The van der Waals surface area contributed by atoms with E-state index < -0.39 is 0 Å². The van der Waals surface area contributed by atoms with Gasteiger partial charge in [0.05, 0.1) is 5.69 Å². The Kier molecular flexibility index (Phi) is 3.61. The number of aromatic nitrogens is 1. The molecule has 1 aromatic heterocycles. The first-order chi connectivity index (χ1) is 9.78. The van der Waals surface area contributed by atoms with Crippen molar-refractivity contribution < 1.29 is 4.79 Å². The number of rotatable bonds is 4. The summed E-state index contributed by atoms with van der Waals surface area (Å²) in [5.41, 5.74) is 9.02. The lowest BCUT2D eigenvalue weighted by Crippen LogP contribution is -2.09. The van der Waals surface area contributed by atoms with E-state index in [1.54, 1.807) is 18.3 Å². The van der Waals surface area contributed by atoms with E-state index in [1.807, 2.05) is 12.1 Å². The first kappa shape index (κ1) is 13.0. The van der Waals surface area contributed by atoms with E-state index >= 15 is 0 Å². The number of ketones is 1. The highest BCUT2D eigenvalue weighted by Crippen LogP contribution is 2.36. The van der Waals surface area contributed by atoms with Crippen LogP contribution in [0, 0.1) is 0 Å². The third kappa shape index (κ3) is 2.49. The summed E-state index contributed by atoms with van der Waals surface area (Å²) in [5.74, 6) is 0.728. The summed E-state index contributed by atoms with van der Waals surface area (Å²) < 4.78 is 0. The van der Waals surface area contributed by atoms with E-state index in [9.17, 15) is 4.79 Å². The molecule has 3 nitrogen and oxygen atoms in total. The Morgan fingerprint density at radius 1 is 1.15 bits per heavy atom. The summed E-state index contributed by atoms with van der Waals surface area (Å²) >= 11 is 0. The molecular formula is C17H18N2O. The van der Waals surface area contributed by atoms with Crippen molar-refractivity contribution >= 4 is 5.78 Å². The molecule has 3 heteroatoms. The van der Waals surface area contributed by atoms with Crippen molar-refractivity contribution in [1.29, 1.82) is 0 Å². The molecule has 3 rings (SSSR count).